The van der Waals surface area contributed by atoms with Gasteiger partial charge in [-0.1, -0.05) is 54.6 Å². The monoisotopic (exact) mass is 446 g/mol. The number of carboxylic acids is 1. The van der Waals surface area contributed by atoms with Gasteiger partial charge in [0, 0.05) is 18.3 Å². The van der Waals surface area contributed by atoms with Crippen molar-refractivity contribution in [2.75, 3.05) is 6.54 Å². The quantitative estimate of drug-likeness (QED) is 0.492. The second-order valence-corrected chi connectivity index (χ2v) is 8.16. The average Bonchev–Trinajstić information content (AvgIpc) is 3.49. The van der Waals surface area contributed by atoms with Crippen LogP contribution < -0.4 is 5.32 Å². The maximum absolute atomic E-state index is 13.1. The molecule has 2 heterocycles. The van der Waals surface area contributed by atoms with Crippen LogP contribution in [0.25, 0.3) is 11.1 Å². The lowest BCUT2D eigenvalue weighted by Gasteiger charge is -2.24. The molecule has 8 heteroatoms. The van der Waals surface area contributed by atoms with Crippen molar-refractivity contribution in [2.45, 2.75) is 37.9 Å². The van der Waals surface area contributed by atoms with Crippen molar-refractivity contribution in [3.63, 3.8) is 0 Å². The third-order valence-electron chi connectivity index (χ3n) is 5.96. The van der Waals surface area contributed by atoms with Crippen LogP contribution in [-0.4, -0.2) is 50.7 Å². The Morgan fingerprint density at radius 1 is 1.12 bits per heavy atom. The molecule has 0 bridgehead atoms. The van der Waals surface area contributed by atoms with Crippen LogP contribution in [0.1, 0.15) is 30.0 Å². The van der Waals surface area contributed by atoms with E-state index in [0.29, 0.717) is 19.4 Å². The number of carbonyl (C=O) groups is 3. The standard InChI is InChI=1S/C25H26N4O4/c30-17-26-22(25(32)33)16-28-15-21(14-27-28)23-7-4-12-29(23)24(31)13-18-8-10-20(11-9-18)19-5-2-1-3-6-19/h1-3,5-6,8-11,14-15,17,22-23H,4,7,12-13,16H2,(H,26,30)(H,32,33). The molecular weight excluding hydrogens is 420 g/mol. The lowest BCUT2D eigenvalue weighted by Crippen LogP contribution is -2.39. The molecule has 2 unspecified atom stereocenters. The number of benzene rings is 2. The first-order valence-corrected chi connectivity index (χ1v) is 10.9. The Kier molecular flexibility index (Phi) is 6.83. The molecule has 1 saturated heterocycles. The first-order valence-electron chi connectivity index (χ1n) is 10.9. The molecule has 8 nitrogen and oxygen atoms in total. The topological polar surface area (TPSA) is 105 Å². The maximum Gasteiger partial charge on any atom is 0.328 e. The molecule has 33 heavy (non-hydrogen) atoms. The largest absolute Gasteiger partial charge is 0.480 e. The second-order valence-electron chi connectivity index (χ2n) is 8.16. The predicted octanol–water partition coefficient (Wildman–Crippen LogP) is 2.66. The molecule has 2 atom stereocenters. The molecule has 2 aromatic carbocycles. The molecule has 1 aliphatic rings. The number of nitrogens with one attached hydrogen (secondary N) is 1. The Bertz CT molecular complexity index is 1110. The van der Waals surface area contributed by atoms with Crippen molar-refractivity contribution < 1.29 is 19.5 Å². The van der Waals surface area contributed by atoms with E-state index < -0.39 is 12.0 Å². The van der Waals surface area contributed by atoms with Gasteiger partial charge in [0.25, 0.3) is 0 Å². The Morgan fingerprint density at radius 2 is 1.85 bits per heavy atom. The van der Waals surface area contributed by atoms with Gasteiger partial charge in [0.05, 0.1) is 25.2 Å². The van der Waals surface area contributed by atoms with Crippen LogP contribution >= 0.6 is 0 Å². The summed E-state index contributed by atoms with van der Waals surface area (Å²) in [7, 11) is 0. The number of amides is 2. The van der Waals surface area contributed by atoms with E-state index in [1.165, 1.54) is 4.68 Å². The molecule has 1 aliphatic heterocycles. The number of aromatic nitrogens is 2. The maximum atomic E-state index is 13.1. The summed E-state index contributed by atoms with van der Waals surface area (Å²) in [6.45, 7) is 0.698. The SMILES string of the molecule is O=CNC(Cn1cc(C2CCCN2C(=O)Cc2ccc(-c3ccccc3)cc2)cn1)C(=O)O. The van der Waals surface area contributed by atoms with Gasteiger partial charge in [-0.25, -0.2) is 4.79 Å². The summed E-state index contributed by atoms with van der Waals surface area (Å²) in [5, 5.41) is 15.7. The van der Waals surface area contributed by atoms with E-state index >= 15 is 0 Å². The summed E-state index contributed by atoms with van der Waals surface area (Å²) in [6, 6.07) is 17.0. The molecule has 0 spiro atoms. The Labute approximate surface area is 191 Å². The summed E-state index contributed by atoms with van der Waals surface area (Å²) < 4.78 is 1.49. The highest BCUT2D eigenvalue weighted by molar-refractivity contribution is 5.80. The molecule has 0 radical (unpaired) electrons. The fourth-order valence-electron chi connectivity index (χ4n) is 4.26. The van der Waals surface area contributed by atoms with Crippen LogP contribution in [0.3, 0.4) is 0 Å². The lowest BCUT2D eigenvalue weighted by molar-refractivity contribution is -0.141. The van der Waals surface area contributed by atoms with Crippen LogP contribution in [0.5, 0.6) is 0 Å². The zero-order chi connectivity index (χ0) is 23.2. The van der Waals surface area contributed by atoms with Crippen LogP contribution in [0, 0.1) is 0 Å². The van der Waals surface area contributed by atoms with Crippen LogP contribution in [0.2, 0.25) is 0 Å². The number of nitrogens with zero attached hydrogens (tertiary/aromatic N) is 3. The third-order valence-corrected chi connectivity index (χ3v) is 5.96. The first kappa shape index (κ1) is 22.3. The highest BCUT2D eigenvalue weighted by atomic mass is 16.4. The molecular formula is C25H26N4O4. The van der Waals surface area contributed by atoms with Gasteiger partial charge in [-0.3, -0.25) is 14.3 Å². The fourth-order valence-corrected chi connectivity index (χ4v) is 4.26. The van der Waals surface area contributed by atoms with Crippen molar-refractivity contribution >= 4 is 18.3 Å². The molecule has 1 aromatic heterocycles. The van der Waals surface area contributed by atoms with Crippen molar-refractivity contribution in [1.82, 2.24) is 20.0 Å². The summed E-state index contributed by atoms with van der Waals surface area (Å²) in [6.07, 6.45) is 5.85. The van der Waals surface area contributed by atoms with Gasteiger partial charge >= 0.3 is 5.97 Å². The second kappa shape index (κ2) is 10.1. The van der Waals surface area contributed by atoms with Gasteiger partial charge in [-0.15, -0.1) is 0 Å². The molecule has 2 amide bonds. The van der Waals surface area contributed by atoms with Crippen molar-refractivity contribution in [3.05, 3.63) is 78.1 Å². The van der Waals surface area contributed by atoms with Gasteiger partial charge in [0.2, 0.25) is 12.3 Å². The molecule has 2 N–H and O–H groups in total. The van der Waals surface area contributed by atoms with Gasteiger partial charge in [0.1, 0.15) is 6.04 Å². The number of aliphatic carboxylic acids is 1. The van der Waals surface area contributed by atoms with E-state index in [9.17, 15) is 19.5 Å². The Hall–Kier alpha value is -3.94. The van der Waals surface area contributed by atoms with Crippen LogP contribution in [0.4, 0.5) is 0 Å². The number of carbonyl (C=O) groups excluding carboxylic acids is 2. The molecule has 1 fully saturated rings. The first-order chi connectivity index (χ1) is 16.0. The van der Waals surface area contributed by atoms with Crippen molar-refractivity contribution in [1.29, 1.82) is 0 Å². The van der Waals surface area contributed by atoms with E-state index in [-0.39, 0.29) is 18.5 Å². The number of hydrogen-bond donors (Lipinski definition) is 2. The zero-order valence-corrected chi connectivity index (χ0v) is 18.1. The highest BCUT2D eigenvalue weighted by Crippen LogP contribution is 2.32. The smallest absolute Gasteiger partial charge is 0.328 e. The van der Waals surface area contributed by atoms with Gasteiger partial charge < -0.3 is 15.3 Å². The highest BCUT2D eigenvalue weighted by Gasteiger charge is 2.31. The van der Waals surface area contributed by atoms with Crippen molar-refractivity contribution in [3.8, 4) is 11.1 Å². The lowest BCUT2D eigenvalue weighted by atomic mass is 10.0. The molecule has 0 aliphatic carbocycles. The zero-order valence-electron chi connectivity index (χ0n) is 18.1. The molecule has 3 aromatic rings. The van der Waals surface area contributed by atoms with Gasteiger partial charge in [0.15, 0.2) is 0 Å². The van der Waals surface area contributed by atoms with Crippen molar-refractivity contribution in [2.24, 2.45) is 0 Å². The number of rotatable bonds is 9. The van der Waals surface area contributed by atoms with Gasteiger partial charge in [-0.2, -0.15) is 5.10 Å². The van der Waals surface area contributed by atoms with E-state index in [1.54, 1.807) is 12.4 Å². The normalized spacial score (nSPS) is 16.4. The number of carboxylic acid groups (broad SMARTS) is 1. The fraction of sp³-hybridized carbons (Fsp3) is 0.280. The molecule has 170 valence electrons. The summed E-state index contributed by atoms with van der Waals surface area (Å²) >= 11 is 0. The number of hydrogen-bond acceptors (Lipinski definition) is 4. The minimum absolute atomic E-state index is 0.0164. The van der Waals surface area contributed by atoms with Crippen LogP contribution in [0.15, 0.2) is 67.0 Å². The molecule has 4 rings (SSSR count). The van der Waals surface area contributed by atoms with Crippen LogP contribution in [-0.2, 0) is 27.3 Å². The van der Waals surface area contributed by atoms with E-state index in [4.69, 9.17) is 0 Å². The van der Waals surface area contributed by atoms with E-state index in [1.807, 2.05) is 47.4 Å². The van der Waals surface area contributed by atoms with E-state index in [2.05, 4.69) is 22.5 Å². The summed E-state index contributed by atoms with van der Waals surface area (Å²) in [4.78, 5) is 36.9. The molecule has 0 saturated carbocycles. The summed E-state index contributed by atoms with van der Waals surface area (Å²) in [5.41, 5.74) is 4.09. The summed E-state index contributed by atoms with van der Waals surface area (Å²) in [5.74, 6) is -1.07. The average molecular weight is 447 g/mol. The third kappa shape index (κ3) is 5.28. The minimum atomic E-state index is -1.13. The predicted molar refractivity (Wildman–Crippen MR) is 122 cm³/mol. The van der Waals surface area contributed by atoms with Gasteiger partial charge in [-0.05, 0) is 29.5 Å². The van der Waals surface area contributed by atoms with E-state index in [0.717, 1.165) is 35.1 Å². The Balaban J connectivity index is 1.41. The number of likely N-dealkylation sites (tertiary alicyclic amines) is 1. The Morgan fingerprint density at radius 3 is 2.55 bits per heavy atom. The minimum Gasteiger partial charge on any atom is -0.480 e.